The number of aromatic nitrogens is 1. The van der Waals surface area contributed by atoms with Crippen LogP contribution in [0.3, 0.4) is 0 Å². The minimum absolute atomic E-state index is 0.191. The molecule has 0 spiro atoms. The second-order valence-electron chi connectivity index (χ2n) is 5.57. The normalized spacial score (nSPS) is 25.4. The van der Waals surface area contributed by atoms with Crippen molar-refractivity contribution in [1.82, 2.24) is 9.88 Å². The molecule has 0 radical (unpaired) electrons. The van der Waals surface area contributed by atoms with Gasteiger partial charge in [-0.1, -0.05) is 0 Å². The largest absolute Gasteiger partial charge is 0.340 e. The Balaban J connectivity index is 2.10. The lowest BCUT2D eigenvalue weighted by Crippen LogP contribution is -2.42. The predicted molar refractivity (Wildman–Crippen MR) is 73.4 cm³/mol. The van der Waals surface area contributed by atoms with Crippen molar-refractivity contribution in [3.05, 3.63) is 23.0 Å². The molecule has 0 aliphatic carbocycles. The van der Waals surface area contributed by atoms with Gasteiger partial charge in [-0.25, -0.2) is 8.42 Å². The molecule has 1 aromatic rings. The van der Waals surface area contributed by atoms with Gasteiger partial charge >= 0.3 is 0 Å². The Morgan fingerprint density at radius 1 is 1.58 bits per heavy atom. The van der Waals surface area contributed by atoms with Crippen LogP contribution in [0.4, 0.5) is 0 Å². The van der Waals surface area contributed by atoms with Crippen LogP contribution < -0.4 is 5.32 Å². The Bertz CT molecular complexity index is 640. The van der Waals surface area contributed by atoms with Gasteiger partial charge in [0.1, 0.15) is 11.8 Å². The van der Waals surface area contributed by atoms with Crippen molar-refractivity contribution in [3.8, 4) is 6.07 Å². The molecular weight excluding hydrogens is 262 g/mol. The van der Waals surface area contributed by atoms with Gasteiger partial charge in [0.2, 0.25) is 0 Å². The summed E-state index contributed by atoms with van der Waals surface area (Å²) < 4.78 is 24.9. The number of hydrogen-bond donors (Lipinski definition) is 1. The third kappa shape index (κ3) is 2.82. The van der Waals surface area contributed by atoms with E-state index in [-0.39, 0.29) is 17.0 Å². The Labute approximate surface area is 114 Å². The van der Waals surface area contributed by atoms with E-state index in [2.05, 4.69) is 11.4 Å². The van der Waals surface area contributed by atoms with E-state index in [9.17, 15) is 8.42 Å². The van der Waals surface area contributed by atoms with Crippen LogP contribution in [0.5, 0.6) is 0 Å². The van der Waals surface area contributed by atoms with E-state index < -0.39 is 9.84 Å². The van der Waals surface area contributed by atoms with Gasteiger partial charge in [0.15, 0.2) is 9.84 Å². The van der Waals surface area contributed by atoms with E-state index in [1.54, 1.807) is 0 Å². The van der Waals surface area contributed by atoms with E-state index in [1.165, 1.54) is 0 Å². The summed E-state index contributed by atoms with van der Waals surface area (Å²) in [5.41, 5.74) is 2.35. The summed E-state index contributed by atoms with van der Waals surface area (Å²) >= 11 is 0. The Hall–Kier alpha value is -1.32. The summed E-state index contributed by atoms with van der Waals surface area (Å²) in [5.74, 6) is 0.449. The van der Waals surface area contributed by atoms with Crippen molar-refractivity contribution < 1.29 is 8.42 Å². The van der Waals surface area contributed by atoms with E-state index >= 15 is 0 Å². The first-order valence-electron chi connectivity index (χ1n) is 6.27. The highest BCUT2D eigenvalue weighted by atomic mass is 32.2. The smallest absolute Gasteiger partial charge is 0.152 e. The molecule has 0 saturated carbocycles. The second-order valence-corrected chi connectivity index (χ2v) is 7.75. The van der Waals surface area contributed by atoms with Crippen molar-refractivity contribution in [2.24, 2.45) is 7.05 Å². The lowest BCUT2D eigenvalue weighted by atomic mass is 10.0. The first kappa shape index (κ1) is 14.1. The lowest BCUT2D eigenvalue weighted by molar-refractivity contribution is 0.395. The van der Waals surface area contributed by atoms with Gasteiger partial charge in [-0.2, -0.15) is 5.26 Å². The molecule has 2 rings (SSSR count). The summed E-state index contributed by atoms with van der Waals surface area (Å²) in [6.07, 6.45) is 0.645. The summed E-state index contributed by atoms with van der Waals surface area (Å²) in [7, 11) is -1.04. The number of nitrogens with zero attached hydrogens (tertiary/aromatic N) is 2. The zero-order chi connectivity index (χ0) is 14.3. The molecule has 1 aliphatic rings. The van der Waals surface area contributed by atoms with Crippen LogP contribution in [0, 0.1) is 18.3 Å². The number of hydrogen-bond acceptors (Lipinski definition) is 4. The van der Waals surface area contributed by atoms with Crippen molar-refractivity contribution in [2.45, 2.75) is 32.4 Å². The van der Waals surface area contributed by atoms with Crippen LogP contribution in [0.2, 0.25) is 0 Å². The SMILES string of the molecule is Cc1c(CNC2(C)CCS(=O)(=O)C2)cc(C#N)n1C. The van der Waals surface area contributed by atoms with Crippen LogP contribution in [-0.4, -0.2) is 30.0 Å². The van der Waals surface area contributed by atoms with Crippen molar-refractivity contribution >= 4 is 9.84 Å². The molecule has 19 heavy (non-hydrogen) atoms. The minimum Gasteiger partial charge on any atom is -0.340 e. The van der Waals surface area contributed by atoms with Gasteiger partial charge in [-0.05, 0) is 31.9 Å². The molecule has 6 heteroatoms. The Morgan fingerprint density at radius 3 is 2.74 bits per heavy atom. The molecule has 1 fully saturated rings. The molecule has 1 aromatic heterocycles. The summed E-state index contributed by atoms with van der Waals surface area (Å²) in [6.45, 7) is 4.50. The average Bonchev–Trinajstić information content (AvgIpc) is 2.77. The highest BCUT2D eigenvalue weighted by molar-refractivity contribution is 7.91. The molecule has 2 heterocycles. The average molecular weight is 281 g/mol. The summed E-state index contributed by atoms with van der Waals surface area (Å²) in [6, 6.07) is 4.00. The van der Waals surface area contributed by atoms with Crippen molar-refractivity contribution in [2.75, 3.05) is 11.5 Å². The highest BCUT2D eigenvalue weighted by Gasteiger charge is 2.37. The molecule has 1 N–H and O–H groups in total. The lowest BCUT2D eigenvalue weighted by Gasteiger charge is -2.24. The van der Waals surface area contributed by atoms with Gasteiger partial charge < -0.3 is 9.88 Å². The number of rotatable bonds is 3. The molecule has 1 saturated heterocycles. The van der Waals surface area contributed by atoms with E-state index in [0.29, 0.717) is 18.7 Å². The highest BCUT2D eigenvalue weighted by Crippen LogP contribution is 2.24. The van der Waals surface area contributed by atoms with E-state index in [4.69, 9.17) is 5.26 Å². The Morgan fingerprint density at radius 2 is 2.26 bits per heavy atom. The quantitative estimate of drug-likeness (QED) is 0.892. The van der Waals surface area contributed by atoms with Crippen molar-refractivity contribution in [1.29, 1.82) is 5.26 Å². The van der Waals surface area contributed by atoms with Gasteiger partial charge in [0, 0.05) is 24.8 Å². The zero-order valence-corrected chi connectivity index (χ0v) is 12.3. The summed E-state index contributed by atoms with van der Waals surface area (Å²) in [5, 5.41) is 12.3. The number of nitrogens with one attached hydrogen (secondary N) is 1. The van der Waals surface area contributed by atoms with E-state index in [0.717, 1.165) is 11.3 Å². The fourth-order valence-electron chi connectivity index (χ4n) is 2.51. The maximum Gasteiger partial charge on any atom is 0.152 e. The van der Waals surface area contributed by atoms with Gasteiger partial charge in [0.05, 0.1) is 11.5 Å². The molecule has 1 unspecified atom stereocenters. The fourth-order valence-corrected chi connectivity index (χ4v) is 4.63. The standard InChI is InChI=1S/C13H19N3O2S/c1-10-11(6-12(7-14)16(10)3)8-15-13(2)4-5-19(17,18)9-13/h6,15H,4-5,8-9H2,1-3H3. The van der Waals surface area contributed by atoms with Crippen LogP contribution in [-0.2, 0) is 23.4 Å². The molecule has 1 aliphatic heterocycles. The molecule has 0 amide bonds. The van der Waals surface area contributed by atoms with E-state index in [1.807, 2.05) is 31.5 Å². The van der Waals surface area contributed by atoms with Crippen molar-refractivity contribution in [3.63, 3.8) is 0 Å². The minimum atomic E-state index is -2.90. The Kier molecular flexibility index (Phi) is 3.45. The maximum absolute atomic E-state index is 11.5. The number of nitriles is 1. The topological polar surface area (TPSA) is 74.9 Å². The monoisotopic (exact) mass is 281 g/mol. The van der Waals surface area contributed by atoms with Crippen LogP contribution in [0.25, 0.3) is 0 Å². The molecule has 0 aromatic carbocycles. The zero-order valence-electron chi connectivity index (χ0n) is 11.5. The van der Waals surface area contributed by atoms with Gasteiger partial charge in [0.25, 0.3) is 0 Å². The van der Waals surface area contributed by atoms with Crippen LogP contribution in [0.1, 0.15) is 30.3 Å². The predicted octanol–water partition coefficient (Wildman–Crippen LogP) is 0.872. The first-order valence-corrected chi connectivity index (χ1v) is 8.09. The molecule has 104 valence electrons. The first-order chi connectivity index (χ1) is 8.76. The fraction of sp³-hybridized carbons (Fsp3) is 0.615. The third-order valence-electron chi connectivity index (χ3n) is 3.96. The van der Waals surface area contributed by atoms with Crippen LogP contribution >= 0.6 is 0 Å². The molecule has 5 nitrogen and oxygen atoms in total. The van der Waals surface area contributed by atoms with Gasteiger partial charge in [-0.15, -0.1) is 0 Å². The molecular formula is C13H19N3O2S. The molecule has 1 atom stereocenters. The molecule has 0 bridgehead atoms. The second kappa shape index (κ2) is 4.66. The summed E-state index contributed by atoms with van der Waals surface area (Å²) in [4.78, 5) is 0. The maximum atomic E-state index is 11.5. The van der Waals surface area contributed by atoms with Gasteiger partial charge in [-0.3, -0.25) is 0 Å². The van der Waals surface area contributed by atoms with Crippen LogP contribution in [0.15, 0.2) is 6.07 Å². The number of sulfone groups is 1. The third-order valence-corrected chi connectivity index (χ3v) is 5.87.